The number of carbonyl (C=O) groups is 2. The van der Waals surface area contributed by atoms with Crippen LogP contribution in [0.5, 0.6) is 0 Å². The summed E-state index contributed by atoms with van der Waals surface area (Å²) in [6.45, 7) is 13.6. The van der Waals surface area contributed by atoms with Crippen LogP contribution in [0.15, 0.2) is 48.8 Å². The van der Waals surface area contributed by atoms with Crippen molar-refractivity contribution in [3.05, 3.63) is 59.9 Å². The number of anilines is 1. The van der Waals surface area contributed by atoms with Crippen molar-refractivity contribution in [3.63, 3.8) is 0 Å². The third-order valence-electron chi connectivity index (χ3n) is 6.98. The van der Waals surface area contributed by atoms with Gasteiger partial charge in [-0.05, 0) is 36.9 Å². The number of nitrogens with one attached hydrogen (secondary N) is 1. The summed E-state index contributed by atoms with van der Waals surface area (Å²) in [5.74, 6) is -0.176. The first-order chi connectivity index (χ1) is 19.1. The number of fused-ring (bicyclic) bond motifs is 1. The van der Waals surface area contributed by atoms with Gasteiger partial charge < -0.3 is 29.0 Å². The highest BCUT2D eigenvalue weighted by molar-refractivity contribution is 6.76. The van der Waals surface area contributed by atoms with E-state index in [0.717, 1.165) is 29.1 Å². The third-order valence-corrected chi connectivity index (χ3v) is 8.69. The fourth-order valence-electron chi connectivity index (χ4n) is 4.92. The van der Waals surface area contributed by atoms with E-state index in [1.54, 1.807) is 18.0 Å². The van der Waals surface area contributed by atoms with Gasteiger partial charge in [0.1, 0.15) is 24.5 Å². The zero-order valence-corrected chi connectivity index (χ0v) is 25.3. The number of amides is 1. The number of hydrogen-bond acceptors (Lipinski definition) is 7. The van der Waals surface area contributed by atoms with Crippen molar-refractivity contribution in [1.82, 2.24) is 14.5 Å². The summed E-state index contributed by atoms with van der Waals surface area (Å²) < 4.78 is 18.9. The molecule has 1 N–H and O–H groups in total. The highest BCUT2D eigenvalue weighted by Gasteiger charge is 2.30. The molecule has 1 fully saturated rings. The van der Waals surface area contributed by atoms with Gasteiger partial charge in [0.05, 0.1) is 12.3 Å². The summed E-state index contributed by atoms with van der Waals surface area (Å²) in [5.41, 5.74) is 2.72. The molecule has 0 bridgehead atoms. The van der Waals surface area contributed by atoms with Gasteiger partial charge in [-0.2, -0.15) is 0 Å². The molecule has 4 rings (SSSR count). The fourth-order valence-corrected chi connectivity index (χ4v) is 5.68. The Balaban J connectivity index is 1.51. The molecule has 9 nitrogen and oxygen atoms in total. The molecule has 2 aromatic heterocycles. The standard InChI is InChI=1S/C30H42N4O5Si/c1-6-38-29(35)26-17-31-28-25(12-13-33(28)21-37-14-15-40(3,4)5)27(26)32-24-16-22(2)18-34(19-24)30(36)39-20-23-10-8-7-9-11-23/h7-13,17,22,24H,6,14-16,18-21H2,1-5H3,(H,31,32)/t22-,24+/m0/s1. The highest BCUT2D eigenvalue weighted by Crippen LogP contribution is 2.31. The van der Waals surface area contributed by atoms with Crippen LogP contribution in [0.4, 0.5) is 10.5 Å². The molecule has 40 heavy (non-hydrogen) atoms. The highest BCUT2D eigenvalue weighted by atomic mass is 28.3. The van der Waals surface area contributed by atoms with E-state index in [9.17, 15) is 9.59 Å². The molecule has 1 aromatic carbocycles. The second kappa shape index (κ2) is 13.3. The predicted octanol–water partition coefficient (Wildman–Crippen LogP) is 5.98. The average molecular weight is 567 g/mol. The van der Waals surface area contributed by atoms with Crippen molar-refractivity contribution in [3.8, 4) is 0 Å². The van der Waals surface area contributed by atoms with Gasteiger partial charge >= 0.3 is 12.1 Å². The maximum Gasteiger partial charge on any atom is 0.410 e. The van der Waals surface area contributed by atoms with Gasteiger partial charge in [-0.1, -0.05) is 56.9 Å². The molecule has 2 atom stereocenters. The van der Waals surface area contributed by atoms with E-state index in [-0.39, 0.29) is 31.3 Å². The van der Waals surface area contributed by atoms with Crippen LogP contribution in [0, 0.1) is 5.92 Å². The van der Waals surface area contributed by atoms with Crippen LogP contribution in [0.3, 0.4) is 0 Å². The normalized spacial score (nSPS) is 17.6. The van der Waals surface area contributed by atoms with Crippen molar-refractivity contribution in [1.29, 1.82) is 0 Å². The lowest BCUT2D eigenvalue weighted by Gasteiger charge is -2.36. The number of piperidine rings is 1. The number of carbonyl (C=O) groups excluding carboxylic acids is 2. The SMILES string of the molecule is CCOC(=O)c1cnc2c(ccn2COCC[Si](C)(C)C)c1N[C@@H]1C[C@H](C)CN(C(=O)OCc2ccccc2)C1. The molecule has 0 radical (unpaired) electrons. The van der Waals surface area contributed by atoms with Gasteiger partial charge in [0.2, 0.25) is 0 Å². The van der Waals surface area contributed by atoms with Gasteiger partial charge in [-0.15, -0.1) is 0 Å². The molecule has 3 aromatic rings. The Bertz CT molecular complexity index is 1290. The molecule has 1 amide bonds. The minimum atomic E-state index is -1.19. The van der Waals surface area contributed by atoms with Crippen LogP contribution in [0.25, 0.3) is 11.0 Å². The van der Waals surface area contributed by atoms with Crippen LogP contribution in [-0.4, -0.2) is 66.9 Å². The van der Waals surface area contributed by atoms with E-state index >= 15 is 0 Å². The second-order valence-corrected chi connectivity index (χ2v) is 17.4. The Hall–Kier alpha value is -3.37. The topological polar surface area (TPSA) is 94.9 Å². The van der Waals surface area contributed by atoms with Gasteiger partial charge in [0.25, 0.3) is 0 Å². The number of aromatic nitrogens is 2. The minimum Gasteiger partial charge on any atom is -0.462 e. The third kappa shape index (κ3) is 7.85. The first-order valence-electron chi connectivity index (χ1n) is 14.1. The summed E-state index contributed by atoms with van der Waals surface area (Å²) >= 11 is 0. The number of esters is 1. The molecular weight excluding hydrogens is 524 g/mol. The molecule has 3 heterocycles. The van der Waals surface area contributed by atoms with E-state index in [2.05, 4.69) is 36.9 Å². The van der Waals surface area contributed by atoms with Gasteiger partial charge in [-0.25, -0.2) is 14.6 Å². The predicted molar refractivity (Wildman–Crippen MR) is 159 cm³/mol. The lowest BCUT2D eigenvalue weighted by Crippen LogP contribution is -2.48. The fraction of sp³-hybridized carbons (Fsp3) is 0.500. The van der Waals surface area contributed by atoms with E-state index in [1.807, 2.05) is 47.2 Å². The molecule has 0 aliphatic carbocycles. The number of hydrogen-bond donors (Lipinski definition) is 1. The van der Waals surface area contributed by atoms with Crippen LogP contribution < -0.4 is 5.32 Å². The Labute approximate surface area is 237 Å². The maximum atomic E-state index is 13.0. The molecule has 1 aliphatic rings. The number of likely N-dealkylation sites (tertiary alicyclic amines) is 1. The van der Waals surface area contributed by atoms with E-state index < -0.39 is 14.0 Å². The lowest BCUT2D eigenvalue weighted by atomic mass is 9.95. The first-order valence-corrected chi connectivity index (χ1v) is 17.8. The summed E-state index contributed by atoms with van der Waals surface area (Å²) in [7, 11) is -1.19. The number of benzene rings is 1. The van der Waals surface area contributed by atoms with E-state index in [0.29, 0.717) is 37.7 Å². The summed E-state index contributed by atoms with van der Waals surface area (Å²) in [5, 5.41) is 4.40. The molecule has 216 valence electrons. The summed E-state index contributed by atoms with van der Waals surface area (Å²) in [6.07, 6.45) is 4.01. The smallest absolute Gasteiger partial charge is 0.410 e. The Kier molecular flexibility index (Phi) is 9.86. The lowest BCUT2D eigenvalue weighted by molar-refractivity contribution is 0.0526. The van der Waals surface area contributed by atoms with Crippen LogP contribution in [0.1, 0.15) is 36.2 Å². The summed E-state index contributed by atoms with van der Waals surface area (Å²) in [4.78, 5) is 32.2. The minimum absolute atomic E-state index is 0.0804. The van der Waals surface area contributed by atoms with Crippen molar-refractivity contribution in [2.75, 3.05) is 31.6 Å². The van der Waals surface area contributed by atoms with Crippen LogP contribution in [0.2, 0.25) is 25.7 Å². The van der Waals surface area contributed by atoms with Crippen molar-refractivity contribution in [2.45, 2.75) is 65.3 Å². The number of rotatable bonds is 11. The van der Waals surface area contributed by atoms with E-state index in [1.165, 1.54) is 0 Å². The molecule has 0 unspecified atom stereocenters. The average Bonchev–Trinajstić information content (AvgIpc) is 3.33. The Morgan fingerprint density at radius 3 is 2.60 bits per heavy atom. The zero-order valence-electron chi connectivity index (χ0n) is 24.3. The Morgan fingerprint density at radius 2 is 1.88 bits per heavy atom. The second-order valence-electron chi connectivity index (χ2n) is 11.8. The monoisotopic (exact) mass is 566 g/mol. The zero-order chi connectivity index (χ0) is 28.7. The van der Waals surface area contributed by atoms with Gasteiger partial charge in [-0.3, -0.25) is 0 Å². The Morgan fingerprint density at radius 1 is 1.10 bits per heavy atom. The summed E-state index contributed by atoms with van der Waals surface area (Å²) in [6, 6.07) is 12.6. The molecule has 0 saturated carbocycles. The quantitative estimate of drug-likeness (QED) is 0.173. The van der Waals surface area contributed by atoms with Gasteiger partial charge in [0.15, 0.2) is 0 Å². The first kappa shape index (κ1) is 29.6. The van der Waals surface area contributed by atoms with Crippen LogP contribution in [-0.2, 0) is 27.5 Å². The van der Waals surface area contributed by atoms with Gasteiger partial charge in [0, 0.05) is 51.6 Å². The van der Waals surface area contributed by atoms with Crippen molar-refractivity contribution < 1.29 is 23.8 Å². The maximum absolute atomic E-state index is 13.0. The number of pyridine rings is 1. The number of ether oxygens (including phenoxy) is 3. The molecule has 1 aliphatic heterocycles. The molecule has 0 spiro atoms. The van der Waals surface area contributed by atoms with Crippen molar-refractivity contribution in [2.24, 2.45) is 5.92 Å². The largest absolute Gasteiger partial charge is 0.462 e. The molecule has 10 heteroatoms. The van der Waals surface area contributed by atoms with Crippen LogP contribution >= 0.6 is 0 Å². The van der Waals surface area contributed by atoms with Crippen molar-refractivity contribution >= 4 is 36.9 Å². The molecule has 1 saturated heterocycles. The van der Waals surface area contributed by atoms with E-state index in [4.69, 9.17) is 14.2 Å². The number of nitrogens with zero attached hydrogens (tertiary/aromatic N) is 3. The molecular formula is C30H42N4O5Si.